The number of carbonyl (C=O) groups excluding carboxylic acids is 1. The standard InChI is InChI=1S/C16H21BrN2O2/c1-18-7-2-3-11-10-19(8-6-14(11)18)16(21)13-5-4-12(17)9-15(13)20/h4-5,9,11,14,20H,2-3,6-8,10H2,1H3. The molecule has 114 valence electrons. The lowest BCUT2D eigenvalue weighted by molar-refractivity contribution is 0.0315. The number of fused-ring (bicyclic) bond motifs is 1. The van der Waals surface area contributed by atoms with Crippen LogP contribution in [0.3, 0.4) is 0 Å². The molecule has 21 heavy (non-hydrogen) atoms. The summed E-state index contributed by atoms with van der Waals surface area (Å²) in [5.41, 5.74) is 0.404. The molecule has 2 fully saturated rings. The molecule has 0 bridgehead atoms. The minimum absolute atomic E-state index is 0.0494. The Labute approximate surface area is 133 Å². The van der Waals surface area contributed by atoms with Crippen molar-refractivity contribution in [1.82, 2.24) is 9.80 Å². The Hall–Kier alpha value is -1.07. The van der Waals surface area contributed by atoms with Crippen LogP contribution in [0, 0.1) is 5.92 Å². The van der Waals surface area contributed by atoms with Crippen LogP contribution in [-0.4, -0.2) is 53.5 Å². The normalized spacial score (nSPS) is 26.5. The predicted octanol–water partition coefficient (Wildman–Crippen LogP) is 2.71. The van der Waals surface area contributed by atoms with Crippen molar-refractivity contribution in [2.75, 3.05) is 26.7 Å². The molecular formula is C16H21BrN2O2. The summed E-state index contributed by atoms with van der Waals surface area (Å²) in [6, 6.07) is 5.69. The zero-order chi connectivity index (χ0) is 15.0. The molecule has 2 heterocycles. The number of halogens is 1. The van der Waals surface area contributed by atoms with E-state index in [1.165, 1.54) is 19.4 Å². The van der Waals surface area contributed by atoms with Gasteiger partial charge < -0.3 is 14.9 Å². The van der Waals surface area contributed by atoms with E-state index in [0.717, 1.165) is 24.0 Å². The highest BCUT2D eigenvalue weighted by Crippen LogP contribution is 2.31. The van der Waals surface area contributed by atoms with Gasteiger partial charge in [-0.1, -0.05) is 15.9 Å². The molecule has 0 radical (unpaired) electrons. The van der Waals surface area contributed by atoms with Crippen molar-refractivity contribution in [3.63, 3.8) is 0 Å². The number of benzene rings is 1. The second-order valence-corrected chi connectivity index (χ2v) is 7.07. The number of likely N-dealkylation sites (tertiary alicyclic amines) is 2. The van der Waals surface area contributed by atoms with E-state index in [0.29, 0.717) is 17.5 Å². The minimum atomic E-state index is -0.0494. The number of hydrogen-bond donors (Lipinski definition) is 1. The second kappa shape index (κ2) is 5.97. The lowest BCUT2D eigenvalue weighted by Gasteiger charge is -2.46. The van der Waals surface area contributed by atoms with Crippen LogP contribution >= 0.6 is 15.9 Å². The Morgan fingerprint density at radius 2 is 2.14 bits per heavy atom. The summed E-state index contributed by atoms with van der Waals surface area (Å²) in [6.07, 6.45) is 3.44. The summed E-state index contributed by atoms with van der Waals surface area (Å²) in [5, 5.41) is 9.98. The largest absolute Gasteiger partial charge is 0.507 e. The molecule has 1 amide bonds. The van der Waals surface area contributed by atoms with Gasteiger partial charge in [0.25, 0.3) is 5.91 Å². The highest BCUT2D eigenvalue weighted by molar-refractivity contribution is 9.10. The van der Waals surface area contributed by atoms with Crippen LogP contribution < -0.4 is 0 Å². The fourth-order valence-corrected chi connectivity index (χ4v) is 4.04. The summed E-state index contributed by atoms with van der Waals surface area (Å²) in [5.74, 6) is 0.572. The van der Waals surface area contributed by atoms with Crippen molar-refractivity contribution in [1.29, 1.82) is 0 Å². The first-order valence-electron chi connectivity index (χ1n) is 7.54. The number of rotatable bonds is 1. The van der Waals surface area contributed by atoms with E-state index in [4.69, 9.17) is 0 Å². The van der Waals surface area contributed by atoms with E-state index in [-0.39, 0.29) is 11.7 Å². The number of carbonyl (C=O) groups is 1. The van der Waals surface area contributed by atoms with Gasteiger partial charge in [-0.15, -0.1) is 0 Å². The Bertz CT molecular complexity index is 549. The van der Waals surface area contributed by atoms with E-state index in [1.807, 2.05) is 4.90 Å². The molecule has 2 atom stereocenters. The number of hydrogen-bond acceptors (Lipinski definition) is 3. The summed E-state index contributed by atoms with van der Waals surface area (Å²) >= 11 is 3.30. The number of phenols is 1. The molecule has 1 aromatic rings. The van der Waals surface area contributed by atoms with Gasteiger partial charge in [-0.3, -0.25) is 4.79 Å². The first-order chi connectivity index (χ1) is 10.1. The van der Waals surface area contributed by atoms with Gasteiger partial charge >= 0.3 is 0 Å². The highest BCUT2D eigenvalue weighted by atomic mass is 79.9. The van der Waals surface area contributed by atoms with Gasteiger partial charge in [0.1, 0.15) is 5.75 Å². The van der Waals surface area contributed by atoms with Crippen LogP contribution in [0.15, 0.2) is 22.7 Å². The summed E-state index contributed by atoms with van der Waals surface area (Å²) in [6.45, 7) is 2.76. The Kier molecular flexibility index (Phi) is 4.22. The molecule has 1 aromatic carbocycles. The third-order valence-electron chi connectivity index (χ3n) is 4.82. The van der Waals surface area contributed by atoms with Gasteiger partial charge in [0.15, 0.2) is 0 Å². The predicted molar refractivity (Wildman–Crippen MR) is 85.5 cm³/mol. The molecule has 0 saturated carbocycles. The fourth-order valence-electron chi connectivity index (χ4n) is 3.69. The summed E-state index contributed by atoms with van der Waals surface area (Å²) in [4.78, 5) is 17.0. The van der Waals surface area contributed by atoms with Crippen molar-refractivity contribution < 1.29 is 9.90 Å². The molecule has 2 aliphatic heterocycles. The van der Waals surface area contributed by atoms with Crippen molar-refractivity contribution >= 4 is 21.8 Å². The smallest absolute Gasteiger partial charge is 0.257 e. The topological polar surface area (TPSA) is 43.8 Å². The maximum atomic E-state index is 12.6. The van der Waals surface area contributed by atoms with Crippen LogP contribution in [0.2, 0.25) is 0 Å². The molecule has 3 rings (SSSR count). The van der Waals surface area contributed by atoms with Crippen molar-refractivity contribution in [3.05, 3.63) is 28.2 Å². The molecule has 0 spiro atoms. The van der Waals surface area contributed by atoms with E-state index in [2.05, 4.69) is 27.9 Å². The highest BCUT2D eigenvalue weighted by Gasteiger charge is 2.36. The van der Waals surface area contributed by atoms with E-state index in [9.17, 15) is 9.90 Å². The van der Waals surface area contributed by atoms with Crippen LogP contribution in [-0.2, 0) is 0 Å². The maximum absolute atomic E-state index is 12.6. The molecule has 2 unspecified atom stereocenters. The Balaban J connectivity index is 1.74. The van der Waals surface area contributed by atoms with E-state index < -0.39 is 0 Å². The van der Waals surface area contributed by atoms with E-state index in [1.54, 1.807) is 18.2 Å². The summed E-state index contributed by atoms with van der Waals surface area (Å²) in [7, 11) is 2.19. The molecular weight excluding hydrogens is 332 g/mol. The second-order valence-electron chi connectivity index (χ2n) is 6.15. The number of aromatic hydroxyl groups is 1. The number of nitrogens with zero attached hydrogens (tertiary/aromatic N) is 2. The maximum Gasteiger partial charge on any atom is 0.257 e. The van der Waals surface area contributed by atoms with Gasteiger partial charge in [-0.2, -0.15) is 0 Å². The first kappa shape index (κ1) is 14.9. The summed E-state index contributed by atoms with van der Waals surface area (Å²) < 4.78 is 0.782. The van der Waals surface area contributed by atoms with Gasteiger partial charge in [0.2, 0.25) is 0 Å². The Morgan fingerprint density at radius 3 is 2.90 bits per heavy atom. The van der Waals surface area contributed by atoms with Gasteiger partial charge in [-0.05, 0) is 57.0 Å². The molecule has 2 aliphatic rings. The third kappa shape index (κ3) is 2.94. The van der Waals surface area contributed by atoms with E-state index >= 15 is 0 Å². The molecule has 0 aromatic heterocycles. The lowest BCUT2D eigenvalue weighted by atomic mass is 9.84. The molecule has 4 nitrogen and oxygen atoms in total. The quantitative estimate of drug-likeness (QED) is 0.844. The van der Waals surface area contributed by atoms with Crippen molar-refractivity contribution in [2.24, 2.45) is 5.92 Å². The average molecular weight is 353 g/mol. The monoisotopic (exact) mass is 352 g/mol. The number of piperidine rings is 2. The van der Waals surface area contributed by atoms with Gasteiger partial charge in [-0.25, -0.2) is 0 Å². The first-order valence-corrected chi connectivity index (χ1v) is 8.33. The third-order valence-corrected chi connectivity index (χ3v) is 5.32. The average Bonchev–Trinajstić information content (AvgIpc) is 2.46. The van der Waals surface area contributed by atoms with Crippen LogP contribution in [0.5, 0.6) is 5.75 Å². The zero-order valence-electron chi connectivity index (χ0n) is 12.3. The zero-order valence-corrected chi connectivity index (χ0v) is 13.8. The van der Waals surface area contributed by atoms with Crippen LogP contribution in [0.4, 0.5) is 0 Å². The van der Waals surface area contributed by atoms with Crippen molar-refractivity contribution in [3.8, 4) is 5.75 Å². The Morgan fingerprint density at radius 1 is 1.33 bits per heavy atom. The molecule has 5 heteroatoms. The van der Waals surface area contributed by atoms with Crippen LogP contribution in [0.1, 0.15) is 29.6 Å². The number of amides is 1. The molecule has 0 aliphatic carbocycles. The van der Waals surface area contributed by atoms with Crippen LogP contribution in [0.25, 0.3) is 0 Å². The van der Waals surface area contributed by atoms with Crippen molar-refractivity contribution in [2.45, 2.75) is 25.3 Å². The fraction of sp³-hybridized carbons (Fsp3) is 0.562. The molecule has 1 N–H and O–H groups in total. The van der Waals surface area contributed by atoms with Gasteiger partial charge in [0.05, 0.1) is 5.56 Å². The lowest BCUT2D eigenvalue weighted by Crippen LogP contribution is -2.53. The molecule has 2 saturated heterocycles. The SMILES string of the molecule is CN1CCCC2CN(C(=O)c3ccc(Br)cc3O)CCC21. The van der Waals surface area contributed by atoms with Gasteiger partial charge in [0, 0.05) is 23.6 Å². The minimum Gasteiger partial charge on any atom is -0.507 e. The number of phenolic OH excluding ortho intramolecular Hbond substituents is 1.